The molecule has 0 saturated carbocycles. The van der Waals surface area contributed by atoms with Gasteiger partial charge in [-0.3, -0.25) is 9.69 Å². The molecule has 140 valence electrons. The fourth-order valence-electron chi connectivity index (χ4n) is 2.51. The highest BCUT2D eigenvalue weighted by Gasteiger charge is 2.21. The van der Waals surface area contributed by atoms with Gasteiger partial charge in [0.15, 0.2) is 5.13 Å². The van der Waals surface area contributed by atoms with Crippen LogP contribution in [-0.4, -0.2) is 22.0 Å². The molecule has 0 fully saturated rings. The van der Waals surface area contributed by atoms with E-state index in [0.29, 0.717) is 16.5 Å². The lowest BCUT2D eigenvalue weighted by Crippen LogP contribution is -2.22. The van der Waals surface area contributed by atoms with E-state index in [2.05, 4.69) is 10.1 Å². The second-order valence-electron chi connectivity index (χ2n) is 5.90. The van der Waals surface area contributed by atoms with Gasteiger partial charge in [0.05, 0.1) is 17.1 Å². The predicted octanol–water partition coefficient (Wildman–Crippen LogP) is 3.37. The van der Waals surface area contributed by atoms with E-state index >= 15 is 0 Å². The number of carbonyl (C=O) groups excluding carboxylic acids is 2. The summed E-state index contributed by atoms with van der Waals surface area (Å²) in [5.41, 5.74) is 8.33. The molecule has 0 saturated heterocycles. The zero-order valence-electron chi connectivity index (χ0n) is 15.1. The smallest absolute Gasteiger partial charge is 0.346 e. The Morgan fingerprint density at radius 3 is 2.74 bits per heavy atom. The average molecular weight is 386 g/mol. The standard InChI is InChI=1S/C18H18N4O4S/c1-10-5-4-6-14(7-10)22(12(3)23)18-20-13(9-27-18)8-25-17(24)15-11(2)21-26-16(15)19/h4-7,9H,8,19H2,1-3H3. The number of esters is 1. The van der Waals surface area contributed by atoms with Gasteiger partial charge in [-0.2, -0.15) is 0 Å². The van der Waals surface area contributed by atoms with Gasteiger partial charge in [0.1, 0.15) is 12.2 Å². The Bertz CT molecular complexity index is 975. The van der Waals surface area contributed by atoms with Gasteiger partial charge in [-0.15, -0.1) is 11.3 Å². The van der Waals surface area contributed by atoms with E-state index in [4.69, 9.17) is 15.0 Å². The van der Waals surface area contributed by atoms with Crippen LogP contribution in [0.25, 0.3) is 0 Å². The molecule has 1 amide bonds. The minimum absolute atomic E-state index is 0.0566. The van der Waals surface area contributed by atoms with Crippen molar-refractivity contribution < 1.29 is 18.8 Å². The van der Waals surface area contributed by atoms with Crippen LogP contribution < -0.4 is 10.6 Å². The molecule has 0 bridgehead atoms. The number of nitrogen functional groups attached to an aromatic ring is 1. The van der Waals surface area contributed by atoms with Crippen LogP contribution in [0.1, 0.15) is 34.2 Å². The Morgan fingerprint density at radius 2 is 2.11 bits per heavy atom. The van der Waals surface area contributed by atoms with Crippen molar-refractivity contribution in [1.29, 1.82) is 0 Å². The van der Waals surface area contributed by atoms with Gasteiger partial charge >= 0.3 is 5.97 Å². The van der Waals surface area contributed by atoms with Crippen molar-refractivity contribution in [3.05, 3.63) is 52.2 Å². The first-order valence-corrected chi connectivity index (χ1v) is 8.95. The van der Waals surface area contributed by atoms with E-state index in [1.807, 2.05) is 31.2 Å². The third-order valence-corrected chi connectivity index (χ3v) is 4.62. The zero-order chi connectivity index (χ0) is 19.6. The van der Waals surface area contributed by atoms with Crippen LogP contribution in [0.3, 0.4) is 0 Å². The number of rotatable bonds is 5. The minimum atomic E-state index is -0.636. The van der Waals surface area contributed by atoms with Crippen molar-refractivity contribution >= 4 is 39.9 Å². The van der Waals surface area contributed by atoms with Crippen LogP contribution >= 0.6 is 11.3 Å². The summed E-state index contributed by atoms with van der Waals surface area (Å²) in [4.78, 5) is 30.2. The molecular formula is C18H18N4O4S. The molecule has 0 spiro atoms. The highest BCUT2D eigenvalue weighted by molar-refractivity contribution is 7.14. The second kappa shape index (κ2) is 7.58. The lowest BCUT2D eigenvalue weighted by atomic mass is 10.2. The number of ether oxygens (including phenoxy) is 1. The van der Waals surface area contributed by atoms with Gasteiger partial charge in [0.25, 0.3) is 0 Å². The van der Waals surface area contributed by atoms with E-state index in [0.717, 1.165) is 11.3 Å². The summed E-state index contributed by atoms with van der Waals surface area (Å²) in [7, 11) is 0. The Labute approximate surface area is 159 Å². The molecule has 1 aromatic carbocycles. The molecule has 0 aliphatic rings. The van der Waals surface area contributed by atoms with E-state index in [-0.39, 0.29) is 24.0 Å². The third-order valence-electron chi connectivity index (χ3n) is 3.75. The largest absolute Gasteiger partial charge is 0.455 e. The van der Waals surface area contributed by atoms with Crippen molar-refractivity contribution in [3.63, 3.8) is 0 Å². The molecule has 0 radical (unpaired) electrons. The van der Waals surface area contributed by atoms with Crippen molar-refractivity contribution in [1.82, 2.24) is 10.1 Å². The molecule has 0 aliphatic heterocycles. The molecule has 0 aliphatic carbocycles. The van der Waals surface area contributed by atoms with E-state index in [1.165, 1.54) is 23.2 Å². The molecule has 27 heavy (non-hydrogen) atoms. The van der Waals surface area contributed by atoms with Crippen LogP contribution in [0.2, 0.25) is 0 Å². The van der Waals surface area contributed by atoms with Gasteiger partial charge in [-0.25, -0.2) is 9.78 Å². The number of nitrogens with two attached hydrogens (primary N) is 1. The summed E-state index contributed by atoms with van der Waals surface area (Å²) < 4.78 is 9.99. The number of amides is 1. The Kier molecular flexibility index (Phi) is 5.22. The van der Waals surface area contributed by atoms with Crippen molar-refractivity contribution in [2.75, 3.05) is 10.6 Å². The molecule has 2 N–H and O–H groups in total. The first kappa shape index (κ1) is 18.6. The Morgan fingerprint density at radius 1 is 1.33 bits per heavy atom. The third kappa shape index (κ3) is 3.98. The van der Waals surface area contributed by atoms with Crippen molar-refractivity contribution in [3.8, 4) is 0 Å². The van der Waals surface area contributed by atoms with Gasteiger partial charge in [-0.05, 0) is 31.5 Å². The van der Waals surface area contributed by atoms with Crippen LogP contribution in [0.4, 0.5) is 16.7 Å². The van der Waals surface area contributed by atoms with Gasteiger partial charge in [0.2, 0.25) is 11.8 Å². The summed E-state index contributed by atoms with van der Waals surface area (Å²) in [6, 6.07) is 7.57. The maximum Gasteiger partial charge on any atom is 0.346 e. The van der Waals surface area contributed by atoms with Crippen molar-refractivity contribution in [2.24, 2.45) is 0 Å². The average Bonchev–Trinajstić information content (AvgIpc) is 3.19. The molecule has 3 aromatic rings. The Balaban J connectivity index is 1.75. The quantitative estimate of drug-likeness (QED) is 0.669. The highest BCUT2D eigenvalue weighted by atomic mass is 32.1. The number of aromatic nitrogens is 2. The van der Waals surface area contributed by atoms with Crippen molar-refractivity contribution in [2.45, 2.75) is 27.4 Å². The molecule has 9 heteroatoms. The highest BCUT2D eigenvalue weighted by Crippen LogP contribution is 2.29. The SMILES string of the molecule is CC(=O)N(c1cccc(C)c1)c1nc(COC(=O)c2c(C)noc2N)cs1. The number of aryl methyl sites for hydroxylation is 2. The lowest BCUT2D eigenvalue weighted by Gasteiger charge is -2.18. The summed E-state index contributed by atoms with van der Waals surface area (Å²) >= 11 is 1.29. The monoisotopic (exact) mass is 386 g/mol. The van der Waals surface area contributed by atoms with Gasteiger partial charge < -0.3 is 15.0 Å². The molecule has 0 unspecified atom stereocenters. The van der Waals surface area contributed by atoms with Gasteiger partial charge in [-0.1, -0.05) is 17.3 Å². The number of anilines is 3. The number of benzene rings is 1. The number of thiazole rings is 1. The maximum atomic E-state index is 12.1. The second-order valence-corrected chi connectivity index (χ2v) is 6.73. The zero-order valence-corrected chi connectivity index (χ0v) is 15.9. The summed E-state index contributed by atoms with van der Waals surface area (Å²) in [6.07, 6.45) is 0. The molecule has 2 heterocycles. The summed E-state index contributed by atoms with van der Waals surface area (Å²) in [5.74, 6) is -0.882. The van der Waals surface area contributed by atoms with Crippen LogP contribution in [0, 0.1) is 13.8 Å². The first-order valence-electron chi connectivity index (χ1n) is 8.07. The molecular weight excluding hydrogens is 368 g/mol. The number of nitrogens with zero attached hydrogens (tertiary/aromatic N) is 3. The molecule has 0 atom stereocenters. The number of carbonyl (C=O) groups is 2. The summed E-state index contributed by atoms with van der Waals surface area (Å²) in [6.45, 7) is 4.97. The maximum absolute atomic E-state index is 12.1. The normalized spacial score (nSPS) is 10.6. The van der Waals surface area contributed by atoms with Crippen LogP contribution in [0.15, 0.2) is 34.2 Å². The van der Waals surface area contributed by atoms with Gasteiger partial charge in [0, 0.05) is 12.3 Å². The Hall–Kier alpha value is -3.20. The number of hydrogen-bond donors (Lipinski definition) is 1. The molecule has 8 nitrogen and oxygen atoms in total. The fraction of sp³-hybridized carbons (Fsp3) is 0.222. The lowest BCUT2D eigenvalue weighted by molar-refractivity contribution is -0.115. The van der Waals surface area contributed by atoms with E-state index < -0.39 is 5.97 Å². The van der Waals surface area contributed by atoms with Crippen LogP contribution in [0.5, 0.6) is 0 Å². The van der Waals surface area contributed by atoms with E-state index in [9.17, 15) is 9.59 Å². The number of hydrogen-bond acceptors (Lipinski definition) is 8. The topological polar surface area (TPSA) is 112 Å². The van der Waals surface area contributed by atoms with E-state index in [1.54, 1.807) is 12.3 Å². The predicted molar refractivity (Wildman–Crippen MR) is 101 cm³/mol. The molecule has 2 aromatic heterocycles. The fourth-order valence-corrected chi connectivity index (χ4v) is 3.38. The molecule has 3 rings (SSSR count). The minimum Gasteiger partial charge on any atom is -0.455 e. The first-order chi connectivity index (χ1) is 12.9. The van der Waals surface area contributed by atoms with Crippen LogP contribution in [-0.2, 0) is 16.1 Å². The summed E-state index contributed by atoms with van der Waals surface area (Å²) in [5, 5.41) is 5.86.